The van der Waals surface area contributed by atoms with Gasteiger partial charge in [-0.1, -0.05) is 192 Å². The van der Waals surface area contributed by atoms with Crippen LogP contribution in [-0.2, 0) is 21.7 Å². The van der Waals surface area contributed by atoms with Gasteiger partial charge in [0.2, 0.25) is 0 Å². The summed E-state index contributed by atoms with van der Waals surface area (Å²) in [5.74, 6) is 0. The molecule has 0 aliphatic heterocycles. The highest BCUT2D eigenvalue weighted by molar-refractivity contribution is 6.27. The topological polar surface area (TPSA) is 8.17 Å². The van der Waals surface area contributed by atoms with Gasteiger partial charge in [0.1, 0.15) is 0 Å². The second-order valence-electron chi connectivity index (χ2n) is 22.3. The minimum absolute atomic E-state index is 0.0351. The van der Waals surface area contributed by atoms with Crippen molar-refractivity contribution < 1.29 is 0 Å². The maximum absolute atomic E-state index is 2.54. The highest BCUT2D eigenvalue weighted by Crippen LogP contribution is 2.50. The van der Waals surface area contributed by atoms with Gasteiger partial charge in [-0.25, -0.2) is 0 Å². The minimum Gasteiger partial charge on any atom is -0.310 e. The second kappa shape index (κ2) is 14.6. The molecule has 0 fully saturated rings. The molecule has 9 aromatic carbocycles. The van der Waals surface area contributed by atoms with Gasteiger partial charge < -0.3 is 9.47 Å². The quantitative estimate of drug-likeness (QED) is 0.157. The number of aromatic nitrogens is 1. The molecule has 320 valence electrons. The van der Waals surface area contributed by atoms with Crippen molar-refractivity contribution in [1.29, 1.82) is 0 Å². The fourth-order valence-electron chi connectivity index (χ4n) is 10.3. The Balaban J connectivity index is 1.26. The predicted octanol–water partition coefficient (Wildman–Crippen LogP) is 18.0. The zero-order valence-electron chi connectivity index (χ0n) is 39.9. The summed E-state index contributed by atoms with van der Waals surface area (Å²) in [5.41, 5.74) is 15.0. The molecule has 0 saturated carbocycles. The van der Waals surface area contributed by atoms with Gasteiger partial charge in [0.05, 0.1) is 22.4 Å². The van der Waals surface area contributed by atoms with Crippen molar-refractivity contribution in [3.05, 3.63) is 180 Å². The summed E-state index contributed by atoms with van der Waals surface area (Å²) in [6.45, 7) is 28.0. The third-order valence-electron chi connectivity index (χ3n) is 13.7. The van der Waals surface area contributed by atoms with E-state index in [9.17, 15) is 0 Å². The molecule has 0 saturated heterocycles. The Morgan fingerprint density at radius 3 is 1.34 bits per heavy atom. The lowest BCUT2D eigenvalue weighted by molar-refractivity contribution is 0.571. The van der Waals surface area contributed by atoms with Crippen LogP contribution in [0.2, 0.25) is 0 Å². The van der Waals surface area contributed by atoms with Gasteiger partial charge in [-0.05, 0) is 125 Å². The number of rotatable bonds is 5. The molecule has 0 spiro atoms. The normalized spacial score (nSPS) is 13.0. The molecule has 0 radical (unpaired) electrons. The zero-order chi connectivity index (χ0) is 45.1. The number of hydrogen-bond acceptors (Lipinski definition) is 1. The Kier molecular flexibility index (Phi) is 9.48. The van der Waals surface area contributed by atoms with Crippen molar-refractivity contribution in [1.82, 2.24) is 4.57 Å². The van der Waals surface area contributed by atoms with Crippen LogP contribution >= 0.6 is 0 Å². The SMILES string of the molecule is CC(C)(C)c1ccc(-c2c(C(C)(C)C)cc(N(c3ccc(C(C)(C)C)cc3)c3ccc4ccc5c(-n6c7ccccc7c7ccccc76)ccc6ccc3c4c65)cc2C(C)(C)C)cc1. The molecule has 10 aromatic rings. The average molecular weight is 835 g/mol. The lowest BCUT2D eigenvalue weighted by Gasteiger charge is -2.35. The first-order valence-electron chi connectivity index (χ1n) is 23.2. The van der Waals surface area contributed by atoms with Gasteiger partial charge in [0, 0.05) is 32.9 Å². The molecular formula is C62H62N2. The molecular weight excluding hydrogens is 773 g/mol. The van der Waals surface area contributed by atoms with E-state index in [0.29, 0.717) is 0 Å². The summed E-state index contributed by atoms with van der Waals surface area (Å²) >= 11 is 0. The summed E-state index contributed by atoms with van der Waals surface area (Å²) in [4.78, 5) is 2.54. The van der Waals surface area contributed by atoms with Crippen LogP contribution in [0.5, 0.6) is 0 Å². The molecule has 10 rings (SSSR count). The fourth-order valence-corrected chi connectivity index (χ4v) is 10.3. The molecule has 0 unspecified atom stereocenters. The van der Waals surface area contributed by atoms with Crippen LogP contribution in [0.25, 0.3) is 70.9 Å². The second-order valence-corrected chi connectivity index (χ2v) is 22.3. The molecule has 64 heavy (non-hydrogen) atoms. The van der Waals surface area contributed by atoms with Crippen LogP contribution in [-0.4, -0.2) is 4.57 Å². The molecule has 0 bridgehead atoms. The van der Waals surface area contributed by atoms with Gasteiger partial charge in [0.25, 0.3) is 0 Å². The van der Waals surface area contributed by atoms with Crippen LogP contribution in [0.4, 0.5) is 17.1 Å². The van der Waals surface area contributed by atoms with E-state index >= 15 is 0 Å². The van der Waals surface area contributed by atoms with Gasteiger partial charge in [-0.15, -0.1) is 0 Å². The lowest BCUT2D eigenvalue weighted by Crippen LogP contribution is -2.22. The van der Waals surface area contributed by atoms with Gasteiger partial charge >= 0.3 is 0 Å². The van der Waals surface area contributed by atoms with Crippen LogP contribution in [0.1, 0.15) is 105 Å². The van der Waals surface area contributed by atoms with Crippen molar-refractivity contribution in [2.24, 2.45) is 0 Å². The number of para-hydroxylation sites is 2. The third-order valence-corrected chi connectivity index (χ3v) is 13.7. The van der Waals surface area contributed by atoms with Crippen LogP contribution in [0.3, 0.4) is 0 Å². The molecule has 2 heteroatoms. The highest BCUT2D eigenvalue weighted by atomic mass is 15.1. The largest absolute Gasteiger partial charge is 0.310 e. The van der Waals surface area contributed by atoms with Crippen LogP contribution in [0, 0.1) is 0 Å². The Hall–Kier alpha value is -6.38. The molecule has 0 atom stereocenters. The van der Waals surface area contributed by atoms with Crippen LogP contribution in [0.15, 0.2) is 158 Å². The molecule has 0 aliphatic rings. The highest BCUT2D eigenvalue weighted by Gasteiger charge is 2.31. The molecule has 0 N–H and O–H groups in total. The number of hydrogen-bond donors (Lipinski definition) is 0. The van der Waals surface area contributed by atoms with E-state index < -0.39 is 0 Å². The number of benzene rings is 9. The van der Waals surface area contributed by atoms with E-state index in [1.54, 1.807) is 0 Å². The van der Waals surface area contributed by atoms with Crippen molar-refractivity contribution in [3.63, 3.8) is 0 Å². The molecule has 0 aliphatic carbocycles. The Morgan fingerprint density at radius 2 is 0.828 bits per heavy atom. The van der Waals surface area contributed by atoms with E-state index in [-0.39, 0.29) is 21.7 Å². The van der Waals surface area contributed by atoms with E-state index in [1.807, 2.05) is 0 Å². The summed E-state index contributed by atoms with van der Waals surface area (Å²) in [7, 11) is 0. The lowest BCUT2D eigenvalue weighted by atomic mass is 9.73. The fraction of sp³-hybridized carbons (Fsp3) is 0.258. The minimum atomic E-state index is -0.137. The summed E-state index contributed by atoms with van der Waals surface area (Å²) in [6.07, 6.45) is 0. The van der Waals surface area contributed by atoms with E-state index in [4.69, 9.17) is 0 Å². The van der Waals surface area contributed by atoms with E-state index in [0.717, 1.165) is 5.69 Å². The van der Waals surface area contributed by atoms with Gasteiger partial charge in [-0.2, -0.15) is 0 Å². The van der Waals surface area contributed by atoms with Crippen molar-refractivity contribution in [3.8, 4) is 16.8 Å². The summed E-state index contributed by atoms with van der Waals surface area (Å²) in [5, 5.41) is 10.2. The summed E-state index contributed by atoms with van der Waals surface area (Å²) in [6, 6.07) is 60.1. The van der Waals surface area contributed by atoms with Crippen molar-refractivity contribution in [2.45, 2.75) is 105 Å². The maximum Gasteiger partial charge on any atom is 0.0541 e. The maximum atomic E-state index is 2.54. The predicted molar refractivity (Wildman–Crippen MR) is 279 cm³/mol. The first-order valence-corrected chi connectivity index (χ1v) is 23.2. The van der Waals surface area contributed by atoms with Crippen LogP contribution < -0.4 is 4.90 Å². The average Bonchev–Trinajstić information content (AvgIpc) is 3.59. The monoisotopic (exact) mass is 834 g/mol. The molecule has 1 aromatic heterocycles. The number of fused-ring (bicyclic) bond motifs is 3. The van der Waals surface area contributed by atoms with E-state index in [1.165, 1.54) is 105 Å². The first kappa shape index (κ1) is 41.6. The van der Waals surface area contributed by atoms with Gasteiger partial charge in [0.15, 0.2) is 0 Å². The van der Waals surface area contributed by atoms with Gasteiger partial charge in [-0.3, -0.25) is 0 Å². The summed E-state index contributed by atoms with van der Waals surface area (Å²) < 4.78 is 2.47. The standard InChI is InChI=1S/C62H62N2/c1-59(2,3)42-27-21-41(22-28-42)58-50(61(7,8)9)37-45(38-51(58)62(10,11)12)63(44-31-29-43(30-32-44)60(4,5)6)54-35-25-39-24-34-49-55(36-26-40-23-33-48(54)56(39)57(40)49)64-52-19-15-13-17-46(52)47-18-14-16-20-53(47)64/h13-38H,1-12H3. The Labute approximate surface area is 380 Å². The molecule has 0 amide bonds. The van der Waals surface area contributed by atoms with E-state index in [2.05, 4.69) is 250 Å². The Bertz CT molecular complexity index is 3300. The smallest absolute Gasteiger partial charge is 0.0541 e. The molecule has 2 nitrogen and oxygen atoms in total. The number of anilines is 3. The zero-order valence-corrected chi connectivity index (χ0v) is 39.9. The third kappa shape index (κ3) is 6.85. The first-order chi connectivity index (χ1) is 30.3. The number of nitrogens with zero attached hydrogens (tertiary/aromatic N) is 2. The van der Waals surface area contributed by atoms with Crippen molar-refractivity contribution >= 4 is 71.2 Å². The Morgan fingerprint density at radius 1 is 0.375 bits per heavy atom. The molecule has 1 heterocycles. The van der Waals surface area contributed by atoms with Crippen molar-refractivity contribution in [2.75, 3.05) is 4.90 Å².